The molecule has 16 heavy (non-hydrogen) atoms. The number of aromatic nitrogens is 1. The van der Waals surface area contributed by atoms with Gasteiger partial charge in [-0.25, -0.2) is 4.98 Å². The Balaban J connectivity index is 2.21. The number of piperidine rings is 1. The van der Waals surface area contributed by atoms with E-state index >= 15 is 0 Å². The van der Waals surface area contributed by atoms with Crippen LogP contribution >= 0.6 is 0 Å². The molecule has 2 rings (SSSR count). The molecule has 0 spiro atoms. The Morgan fingerprint density at radius 1 is 1.38 bits per heavy atom. The van der Waals surface area contributed by atoms with Crippen molar-refractivity contribution in [3.05, 3.63) is 18.2 Å². The molecule has 86 valence electrons. The average Bonchev–Trinajstić information content (AvgIpc) is 2.30. The maximum Gasteiger partial charge on any atom is 0.508 e. The Kier molecular flexibility index (Phi) is 3.46. The van der Waals surface area contributed by atoms with Crippen LogP contribution < -0.4 is 10.5 Å². The van der Waals surface area contributed by atoms with Crippen LogP contribution in [0.2, 0.25) is 0 Å². The molecule has 0 saturated carbocycles. The molecule has 0 radical (unpaired) electrons. The third-order valence-electron chi connectivity index (χ3n) is 3.12. The highest BCUT2D eigenvalue weighted by Gasteiger charge is 2.21. The van der Waals surface area contributed by atoms with E-state index in [1.807, 2.05) is 12.1 Å². The molecule has 1 saturated heterocycles. The van der Waals surface area contributed by atoms with E-state index in [0.717, 1.165) is 12.4 Å². The average molecular weight is 220 g/mol. The van der Waals surface area contributed by atoms with Crippen molar-refractivity contribution in [2.75, 3.05) is 11.4 Å². The lowest BCUT2D eigenvalue weighted by atomic mass is 9.86. The van der Waals surface area contributed by atoms with Crippen molar-refractivity contribution in [1.29, 1.82) is 0 Å². The fourth-order valence-electron chi connectivity index (χ4n) is 2.18. The maximum atomic E-state index is 9.09. The van der Waals surface area contributed by atoms with E-state index in [4.69, 9.17) is 10.0 Å². The molecule has 1 aliphatic heterocycles. The molecule has 1 aromatic heterocycles. The van der Waals surface area contributed by atoms with Crippen molar-refractivity contribution in [3.63, 3.8) is 0 Å². The Morgan fingerprint density at radius 3 is 2.88 bits per heavy atom. The molecular formula is C11H17BN2O2. The second kappa shape index (κ2) is 4.85. The standard InChI is InChI=1S/C11H17BN2O2/c1-9-5-2-3-8-14(9)11-7-4-6-10(13-11)12(15)16/h4,6-7,9,15-16H,2-3,5,8H2,1H3/t9-/m0/s1. The maximum absolute atomic E-state index is 9.09. The van der Waals surface area contributed by atoms with Crippen LogP contribution in [0, 0.1) is 0 Å². The lowest BCUT2D eigenvalue weighted by Crippen LogP contribution is -2.40. The Hall–Kier alpha value is -1.07. The smallest absolute Gasteiger partial charge is 0.422 e. The molecule has 1 fully saturated rings. The summed E-state index contributed by atoms with van der Waals surface area (Å²) in [4.78, 5) is 6.50. The van der Waals surface area contributed by atoms with Gasteiger partial charge in [-0.05, 0) is 38.3 Å². The summed E-state index contributed by atoms with van der Waals surface area (Å²) >= 11 is 0. The van der Waals surface area contributed by atoms with E-state index in [0.29, 0.717) is 11.6 Å². The van der Waals surface area contributed by atoms with Gasteiger partial charge in [0, 0.05) is 12.6 Å². The Morgan fingerprint density at radius 2 is 2.19 bits per heavy atom. The van der Waals surface area contributed by atoms with Crippen LogP contribution in [0.25, 0.3) is 0 Å². The molecule has 1 atom stereocenters. The van der Waals surface area contributed by atoms with E-state index in [2.05, 4.69) is 16.8 Å². The van der Waals surface area contributed by atoms with Gasteiger partial charge in [0.1, 0.15) is 5.82 Å². The van der Waals surface area contributed by atoms with E-state index < -0.39 is 7.12 Å². The summed E-state index contributed by atoms with van der Waals surface area (Å²) in [7, 11) is -1.49. The lowest BCUT2D eigenvalue weighted by Gasteiger charge is -2.34. The van der Waals surface area contributed by atoms with Crippen LogP contribution in [-0.2, 0) is 0 Å². The number of rotatable bonds is 2. The first-order chi connectivity index (χ1) is 7.68. The van der Waals surface area contributed by atoms with Crippen molar-refractivity contribution < 1.29 is 10.0 Å². The van der Waals surface area contributed by atoms with Gasteiger partial charge in [-0.15, -0.1) is 0 Å². The monoisotopic (exact) mass is 220 g/mol. The van der Waals surface area contributed by atoms with E-state index in [1.165, 1.54) is 19.3 Å². The number of pyridine rings is 1. The summed E-state index contributed by atoms with van der Waals surface area (Å²) in [5, 5.41) is 18.2. The number of anilines is 1. The molecule has 0 aliphatic carbocycles. The predicted octanol–water partition coefficient (Wildman–Crippen LogP) is 0.140. The summed E-state index contributed by atoms with van der Waals surface area (Å²) in [6.07, 6.45) is 3.62. The Labute approximate surface area is 96.1 Å². The fourth-order valence-corrected chi connectivity index (χ4v) is 2.18. The van der Waals surface area contributed by atoms with E-state index in [9.17, 15) is 0 Å². The lowest BCUT2D eigenvalue weighted by molar-refractivity contribution is 0.424. The highest BCUT2D eigenvalue weighted by molar-refractivity contribution is 6.57. The van der Waals surface area contributed by atoms with Crippen molar-refractivity contribution in [1.82, 2.24) is 4.98 Å². The second-order valence-electron chi connectivity index (χ2n) is 4.33. The summed E-state index contributed by atoms with van der Waals surface area (Å²) in [5.41, 5.74) is 0.315. The van der Waals surface area contributed by atoms with Crippen LogP contribution in [0.3, 0.4) is 0 Å². The fraction of sp³-hybridized carbons (Fsp3) is 0.545. The number of hydrogen-bond acceptors (Lipinski definition) is 4. The van der Waals surface area contributed by atoms with Crippen LogP contribution in [-0.4, -0.2) is 34.7 Å². The highest BCUT2D eigenvalue weighted by atomic mass is 16.4. The van der Waals surface area contributed by atoms with E-state index in [1.54, 1.807) is 6.07 Å². The minimum atomic E-state index is -1.49. The van der Waals surface area contributed by atoms with Crippen molar-refractivity contribution in [3.8, 4) is 0 Å². The topological polar surface area (TPSA) is 56.6 Å². The zero-order valence-corrected chi connectivity index (χ0v) is 9.50. The normalized spacial score (nSPS) is 20.9. The SMILES string of the molecule is C[C@H]1CCCCN1c1cccc(B(O)O)n1. The third-order valence-corrected chi connectivity index (χ3v) is 3.12. The molecule has 0 unspecified atom stereocenters. The van der Waals surface area contributed by atoms with Gasteiger partial charge in [0.15, 0.2) is 0 Å². The van der Waals surface area contributed by atoms with Crippen molar-refractivity contribution >= 4 is 18.5 Å². The van der Waals surface area contributed by atoms with Crippen LogP contribution in [0.4, 0.5) is 5.82 Å². The van der Waals surface area contributed by atoms with Gasteiger partial charge < -0.3 is 14.9 Å². The predicted molar refractivity (Wildman–Crippen MR) is 64.7 cm³/mol. The number of hydrogen-bond donors (Lipinski definition) is 2. The summed E-state index contributed by atoms with van der Waals surface area (Å²) < 4.78 is 0. The number of nitrogens with zero attached hydrogens (tertiary/aromatic N) is 2. The minimum absolute atomic E-state index is 0.315. The van der Waals surface area contributed by atoms with Crippen LogP contribution in [0.1, 0.15) is 26.2 Å². The Bertz CT molecular complexity index is 360. The second-order valence-corrected chi connectivity index (χ2v) is 4.33. The van der Waals surface area contributed by atoms with Gasteiger partial charge in [0.05, 0.1) is 5.59 Å². The zero-order chi connectivity index (χ0) is 11.5. The summed E-state index contributed by atoms with van der Waals surface area (Å²) in [5.74, 6) is 0.845. The van der Waals surface area contributed by atoms with E-state index in [-0.39, 0.29) is 0 Å². The van der Waals surface area contributed by atoms with Gasteiger partial charge in [-0.1, -0.05) is 6.07 Å². The van der Waals surface area contributed by atoms with Gasteiger partial charge >= 0.3 is 7.12 Å². The molecule has 0 aromatic carbocycles. The minimum Gasteiger partial charge on any atom is -0.422 e. The van der Waals surface area contributed by atoms with Gasteiger partial charge in [-0.2, -0.15) is 0 Å². The van der Waals surface area contributed by atoms with Gasteiger partial charge in [0.25, 0.3) is 0 Å². The molecule has 4 nitrogen and oxygen atoms in total. The molecule has 2 N–H and O–H groups in total. The molecule has 1 aliphatic rings. The van der Waals surface area contributed by atoms with Crippen LogP contribution in [0.15, 0.2) is 18.2 Å². The molecule has 2 heterocycles. The van der Waals surface area contributed by atoms with Crippen LogP contribution in [0.5, 0.6) is 0 Å². The first-order valence-corrected chi connectivity index (χ1v) is 5.78. The first-order valence-electron chi connectivity index (χ1n) is 5.78. The molecule has 0 bridgehead atoms. The van der Waals surface area contributed by atoms with Crippen molar-refractivity contribution in [2.45, 2.75) is 32.2 Å². The molecule has 1 aromatic rings. The van der Waals surface area contributed by atoms with Gasteiger partial charge in [0.2, 0.25) is 0 Å². The molecule has 5 heteroatoms. The summed E-state index contributed by atoms with van der Waals surface area (Å²) in [6, 6.07) is 5.85. The van der Waals surface area contributed by atoms with Crippen molar-refractivity contribution in [2.24, 2.45) is 0 Å². The quantitative estimate of drug-likeness (QED) is 0.696. The zero-order valence-electron chi connectivity index (χ0n) is 9.50. The molecule has 0 amide bonds. The third kappa shape index (κ3) is 2.36. The molecular weight excluding hydrogens is 203 g/mol. The summed E-state index contributed by atoms with van der Waals surface area (Å²) in [6.45, 7) is 3.18. The first kappa shape index (κ1) is 11.4. The highest BCUT2D eigenvalue weighted by Crippen LogP contribution is 2.21. The van der Waals surface area contributed by atoms with Gasteiger partial charge in [-0.3, -0.25) is 0 Å². The largest absolute Gasteiger partial charge is 0.508 e.